The van der Waals surface area contributed by atoms with Crippen molar-refractivity contribution in [3.05, 3.63) is 0 Å². The minimum atomic E-state index is 1.02. The van der Waals surface area contributed by atoms with E-state index >= 15 is 0 Å². The van der Waals surface area contributed by atoms with Crippen molar-refractivity contribution in [2.24, 2.45) is 35.5 Å². The van der Waals surface area contributed by atoms with Gasteiger partial charge in [-0.3, -0.25) is 0 Å². The maximum atomic E-state index is 2.43. The topological polar surface area (TPSA) is 0 Å². The van der Waals surface area contributed by atoms with Gasteiger partial charge < -0.3 is 0 Å². The largest absolute Gasteiger partial charge is 0.0651 e. The second-order valence-corrected chi connectivity index (χ2v) is 10.2. The smallest absolute Gasteiger partial charge is 0.0411 e. The zero-order chi connectivity index (χ0) is 18.1. The van der Waals surface area contributed by atoms with Crippen LogP contribution in [0.5, 0.6) is 0 Å². The fraction of sp³-hybridized carbons (Fsp3) is 1.00. The Labute approximate surface area is 159 Å². The molecule has 3 rings (SSSR count). The highest BCUT2D eigenvalue weighted by atomic mass is 14.3. The fourth-order valence-electron chi connectivity index (χ4n) is 5.74. The Hall–Kier alpha value is 0. The lowest BCUT2D eigenvalue weighted by Gasteiger charge is -2.32. The minimum absolute atomic E-state index is 1.02. The van der Waals surface area contributed by atoms with Crippen molar-refractivity contribution in [3.8, 4) is 0 Å². The molecule has 25 heavy (non-hydrogen) atoms. The molecule has 2 unspecified atom stereocenters. The minimum Gasteiger partial charge on any atom is -0.0651 e. The van der Waals surface area contributed by atoms with Gasteiger partial charge in [0.15, 0.2) is 0 Å². The molecule has 0 heteroatoms. The first-order chi connectivity index (χ1) is 12.1. The summed E-state index contributed by atoms with van der Waals surface area (Å²) in [5.41, 5.74) is 0. The SMILES string of the molecule is CC1CCC(CC2CCC(C)CC2)CC1.CCC1CCCC(CC)C1. The number of hydrogen-bond donors (Lipinski definition) is 0. The van der Waals surface area contributed by atoms with Crippen LogP contribution in [0.3, 0.4) is 0 Å². The van der Waals surface area contributed by atoms with Crippen molar-refractivity contribution >= 4 is 0 Å². The fourth-order valence-corrected chi connectivity index (χ4v) is 5.74. The maximum Gasteiger partial charge on any atom is -0.0411 e. The summed E-state index contributed by atoms with van der Waals surface area (Å²) in [6.07, 6.45) is 22.6. The first kappa shape index (κ1) is 21.3. The molecule has 3 aliphatic carbocycles. The lowest BCUT2D eigenvalue weighted by Crippen LogP contribution is -2.19. The molecule has 2 atom stereocenters. The third-order valence-corrected chi connectivity index (χ3v) is 7.98. The average molecular weight is 349 g/mol. The van der Waals surface area contributed by atoms with Gasteiger partial charge in [-0.15, -0.1) is 0 Å². The van der Waals surface area contributed by atoms with Gasteiger partial charge in [0.2, 0.25) is 0 Å². The molecule has 0 aromatic rings. The summed E-state index contributed by atoms with van der Waals surface area (Å²) in [5, 5.41) is 0. The van der Waals surface area contributed by atoms with Crippen molar-refractivity contribution in [2.75, 3.05) is 0 Å². The molecule has 0 nitrogen and oxygen atoms in total. The van der Waals surface area contributed by atoms with Crippen LogP contribution in [0, 0.1) is 35.5 Å². The molecular weight excluding hydrogens is 300 g/mol. The molecule has 3 fully saturated rings. The summed E-state index contributed by atoms with van der Waals surface area (Å²) in [6, 6.07) is 0. The second-order valence-electron chi connectivity index (χ2n) is 10.2. The summed E-state index contributed by atoms with van der Waals surface area (Å²) < 4.78 is 0. The van der Waals surface area contributed by atoms with E-state index in [-0.39, 0.29) is 0 Å². The normalized spacial score (nSPS) is 39.4. The molecular formula is C25H48. The highest BCUT2D eigenvalue weighted by molar-refractivity contribution is 4.76. The lowest BCUT2D eigenvalue weighted by atomic mass is 9.74. The van der Waals surface area contributed by atoms with Crippen LogP contribution in [0.4, 0.5) is 0 Å². The van der Waals surface area contributed by atoms with Crippen molar-refractivity contribution < 1.29 is 0 Å². The molecule has 0 aromatic carbocycles. The highest BCUT2D eigenvalue weighted by Crippen LogP contribution is 2.38. The second kappa shape index (κ2) is 11.7. The van der Waals surface area contributed by atoms with E-state index in [1.165, 1.54) is 89.9 Å². The number of hydrogen-bond acceptors (Lipinski definition) is 0. The summed E-state index contributed by atoms with van der Waals surface area (Å²) in [5.74, 6) is 6.37. The zero-order valence-electron chi connectivity index (χ0n) is 18.1. The van der Waals surface area contributed by atoms with E-state index < -0.39 is 0 Å². The van der Waals surface area contributed by atoms with Crippen molar-refractivity contribution in [1.82, 2.24) is 0 Å². The van der Waals surface area contributed by atoms with Crippen molar-refractivity contribution in [2.45, 2.75) is 124 Å². The zero-order valence-corrected chi connectivity index (χ0v) is 18.1. The van der Waals surface area contributed by atoms with E-state index in [1.54, 1.807) is 6.42 Å². The molecule has 0 N–H and O–H groups in total. The monoisotopic (exact) mass is 348 g/mol. The lowest BCUT2D eigenvalue weighted by molar-refractivity contribution is 0.201. The number of rotatable bonds is 4. The Morgan fingerprint density at radius 1 is 0.520 bits per heavy atom. The van der Waals surface area contributed by atoms with Crippen LogP contribution in [0.25, 0.3) is 0 Å². The van der Waals surface area contributed by atoms with Gasteiger partial charge in [-0.2, -0.15) is 0 Å². The van der Waals surface area contributed by atoms with E-state index in [9.17, 15) is 0 Å². The predicted molar refractivity (Wildman–Crippen MR) is 113 cm³/mol. The quantitative estimate of drug-likeness (QED) is 0.477. The standard InChI is InChI=1S/C15H28.C10H20/c1-12-3-7-14(8-4-12)11-15-9-5-13(2)6-10-15;1-3-9-6-5-7-10(4-2)8-9/h12-15H,3-11H2,1-2H3;9-10H,3-8H2,1-2H3. The molecule has 0 bridgehead atoms. The van der Waals surface area contributed by atoms with Gasteiger partial charge in [0.1, 0.15) is 0 Å². The van der Waals surface area contributed by atoms with Crippen LogP contribution in [0.15, 0.2) is 0 Å². The van der Waals surface area contributed by atoms with Gasteiger partial charge >= 0.3 is 0 Å². The summed E-state index contributed by atoms with van der Waals surface area (Å²) in [7, 11) is 0. The molecule has 0 heterocycles. The van der Waals surface area contributed by atoms with Crippen molar-refractivity contribution in [1.29, 1.82) is 0 Å². The summed E-state index contributed by atoms with van der Waals surface area (Å²) >= 11 is 0. The molecule has 3 saturated carbocycles. The molecule has 0 aliphatic heterocycles. The van der Waals surface area contributed by atoms with Gasteiger partial charge in [-0.05, 0) is 48.3 Å². The van der Waals surface area contributed by atoms with Crippen LogP contribution < -0.4 is 0 Å². The molecule has 0 saturated heterocycles. The Balaban J connectivity index is 0.000000196. The first-order valence-electron chi connectivity index (χ1n) is 12.1. The third kappa shape index (κ3) is 8.04. The van der Waals surface area contributed by atoms with E-state index in [0.29, 0.717) is 0 Å². The van der Waals surface area contributed by atoms with Crippen LogP contribution in [-0.4, -0.2) is 0 Å². The molecule has 0 amide bonds. The van der Waals surface area contributed by atoms with Gasteiger partial charge in [-0.25, -0.2) is 0 Å². The Morgan fingerprint density at radius 3 is 1.28 bits per heavy atom. The molecule has 0 aromatic heterocycles. The van der Waals surface area contributed by atoms with Gasteiger partial charge in [-0.1, -0.05) is 111 Å². The summed E-state index contributed by atoms with van der Waals surface area (Å²) in [6.45, 7) is 9.53. The van der Waals surface area contributed by atoms with Gasteiger partial charge in [0.25, 0.3) is 0 Å². The molecule has 3 aliphatic rings. The third-order valence-electron chi connectivity index (χ3n) is 7.98. The Morgan fingerprint density at radius 2 is 0.920 bits per heavy atom. The molecule has 0 radical (unpaired) electrons. The van der Waals surface area contributed by atoms with E-state index in [0.717, 1.165) is 35.5 Å². The highest BCUT2D eigenvalue weighted by Gasteiger charge is 2.24. The van der Waals surface area contributed by atoms with E-state index in [2.05, 4.69) is 27.7 Å². The molecule has 0 spiro atoms. The average Bonchev–Trinajstić information content (AvgIpc) is 2.66. The van der Waals surface area contributed by atoms with Gasteiger partial charge in [0.05, 0.1) is 0 Å². The van der Waals surface area contributed by atoms with Crippen LogP contribution in [0.2, 0.25) is 0 Å². The Bertz CT molecular complexity index is 287. The van der Waals surface area contributed by atoms with Crippen LogP contribution in [-0.2, 0) is 0 Å². The first-order valence-corrected chi connectivity index (χ1v) is 12.1. The Kier molecular flexibility index (Phi) is 9.93. The van der Waals surface area contributed by atoms with Crippen LogP contribution in [0.1, 0.15) is 124 Å². The maximum absolute atomic E-state index is 2.43. The van der Waals surface area contributed by atoms with Crippen LogP contribution >= 0.6 is 0 Å². The van der Waals surface area contributed by atoms with E-state index in [1.807, 2.05) is 0 Å². The van der Waals surface area contributed by atoms with E-state index in [4.69, 9.17) is 0 Å². The predicted octanol–water partition coefficient (Wildman–Crippen LogP) is 8.64. The van der Waals surface area contributed by atoms with Crippen molar-refractivity contribution in [3.63, 3.8) is 0 Å². The van der Waals surface area contributed by atoms with Gasteiger partial charge in [0, 0.05) is 0 Å². The summed E-state index contributed by atoms with van der Waals surface area (Å²) in [4.78, 5) is 0. The molecule has 148 valence electrons.